The van der Waals surface area contributed by atoms with Gasteiger partial charge in [0.05, 0.1) is 11.9 Å². The summed E-state index contributed by atoms with van der Waals surface area (Å²) in [5.41, 5.74) is 0. The Morgan fingerprint density at radius 2 is 1.77 bits per heavy atom. The zero-order valence-electron chi connectivity index (χ0n) is 18.6. The van der Waals surface area contributed by atoms with E-state index in [0.717, 1.165) is 64.1 Å². The van der Waals surface area contributed by atoms with E-state index in [-0.39, 0.29) is 17.8 Å². The molecule has 2 fully saturated rings. The number of unbranched alkanes of at least 4 members (excludes halogenated alkanes) is 2. The highest BCUT2D eigenvalue weighted by atomic mass is 32.2. The molecule has 1 aliphatic heterocycles. The van der Waals surface area contributed by atoms with Crippen LogP contribution >= 0.6 is 0 Å². The number of carboxylic acids is 1. The number of hydrogen-bond donors (Lipinski definition) is 3. The van der Waals surface area contributed by atoms with Crippen LogP contribution in [0.25, 0.3) is 0 Å². The number of piperidine rings is 1. The van der Waals surface area contributed by atoms with E-state index < -0.39 is 22.0 Å². The van der Waals surface area contributed by atoms with Gasteiger partial charge in [0.15, 0.2) is 0 Å². The lowest BCUT2D eigenvalue weighted by Crippen LogP contribution is -2.43. The molecule has 0 spiro atoms. The third kappa shape index (κ3) is 10.1. The molecule has 0 aromatic heterocycles. The van der Waals surface area contributed by atoms with E-state index in [1.54, 1.807) is 0 Å². The van der Waals surface area contributed by atoms with Gasteiger partial charge in [-0.2, -0.15) is 0 Å². The quantitative estimate of drug-likeness (QED) is 0.354. The van der Waals surface area contributed by atoms with Crippen molar-refractivity contribution in [3.05, 3.63) is 0 Å². The van der Waals surface area contributed by atoms with E-state index in [4.69, 9.17) is 4.74 Å². The Hall–Kier alpha value is -0.700. The molecule has 8 heteroatoms. The predicted octanol–water partition coefficient (Wildman–Crippen LogP) is 3.29. The average molecular weight is 447 g/mol. The van der Waals surface area contributed by atoms with Gasteiger partial charge in [0.1, 0.15) is 6.04 Å². The minimum absolute atomic E-state index is 0.00844. The summed E-state index contributed by atoms with van der Waals surface area (Å²) in [7, 11) is -3.53. The normalized spacial score (nSPS) is 24.6. The second kappa shape index (κ2) is 13.7. The molecule has 0 unspecified atom stereocenters. The summed E-state index contributed by atoms with van der Waals surface area (Å²) in [4.78, 5) is 11.6. The van der Waals surface area contributed by atoms with Gasteiger partial charge in [0.25, 0.3) is 0 Å². The van der Waals surface area contributed by atoms with E-state index in [2.05, 4.69) is 10.0 Å². The fraction of sp³-hybridized carbons (Fsp3) is 0.955. The van der Waals surface area contributed by atoms with Gasteiger partial charge in [0.2, 0.25) is 10.0 Å². The van der Waals surface area contributed by atoms with Gasteiger partial charge in [-0.05, 0) is 82.7 Å². The van der Waals surface area contributed by atoms with E-state index >= 15 is 0 Å². The van der Waals surface area contributed by atoms with Crippen molar-refractivity contribution in [2.24, 2.45) is 11.8 Å². The molecule has 0 bridgehead atoms. The number of nitrogens with one attached hydrogen (secondary N) is 2. The van der Waals surface area contributed by atoms with Crippen LogP contribution in [0.4, 0.5) is 0 Å². The Morgan fingerprint density at radius 1 is 1.07 bits per heavy atom. The summed E-state index contributed by atoms with van der Waals surface area (Å²) in [6, 6.07) is -1.02. The molecule has 176 valence electrons. The summed E-state index contributed by atoms with van der Waals surface area (Å²) in [5.74, 6) is 0.0242. The van der Waals surface area contributed by atoms with Crippen molar-refractivity contribution >= 4 is 16.0 Å². The molecule has 1 saturated carbocycles. The van der Waals surface area contributed by atoms with E-state index in [1.807, 2.05) is 6.92 Å². The number of aliphatic carboxylic acids is 1. The first-order valence-electron chi connectivity index (χ1n) is 11.9. The van der Waals surface area contributed by atoms with Gasteiger partial charge in [-0.1, -0.05) is 26.2 Å². The first kappa shape index (κ1) is 25.6. The Labute approximate surface area is 182 Å². The minimum atomic E-state index is -3.53. The lowest BCUT2D eigenvalue weighted by Gasteiger charge is -2.30. The molecule has 0 amide bonds. The Bertz CT molecular complexity index is 584. The SMILES string of the molecule is CCCCS(=O)(=O)N[C@@H](CC1CCC(OCCCCC2CCNCC2)CC1)C(=O)O. The lowest BCUT2D eigenvalue weighted by atomic mass is 9.83. The smallest absolute Gasteiger partial charge is 0.321 e. The second-order valence-electron chi connectivity index (χ2n) is 9.12. The van der Waals surface area contributed by atoms with E-state index in [1.165, 1.54) is 25.7 Å². The first-order chi connectivity index (χ1) is 14.4. The number of carbonyl (C=O) groups is 1. The van der Waals surface area contributed by atoms with Crippen LogP contribution in [0.2, 0.25) is 0 Å². The van der Waals surface area contributed by atoms with Crippen LogP contribution in [0.3, 0.4) is 0 Å². The van der Waals surface area contributed by atoms with Crippen LogP contribution in [0.15, 0.2) is 0 Å². The van der Waals surface area contributed by atoms with Crippen molar-refractivity contribution in [1.29, 1.82) is 0 Å². The van der Waals surface area contributed by atoms with Crippen molar-refractivity contribution < 1.29 is 23.1 Å². The molecule has 2 rings (SSSR count). The molecule has 2 aliphatic rings. The molecule has 7 nitrogen and oxygen atoms in total. The standard InChI is InChI=1S/C22H42N2O5S/c1-2-3-16-30(27,28)24-21(22(25)26)17-19-7-9-20(10-8-19)29-15-5-4-6-18-11-13-23-14-12-18/h18-21,23-24H,2-17H2,1H3,(H,25,26)/t19?,20?,21-/m0/s1. The van der Waals surface area contributed by atoms with Gasteiger partial charge >= 0.3 is 5.97 Å². The van der Waals surface area contributed by atoms with Crippen molar-refractivity contribution in [3.8, 4) is 0 Å². The second-order valence-corrected chi connectivity index (χ2v) is 11.0. The molecule has 30 heavy (non-hydrogen) atoms. The third-order valence-electron chi connectivity index (χ3n) is 6.57. The van der Waals surface area contributed by atoms with E-state index in [9.17, 15) is 18.3 Å². The number of rotatable bonds is 14. The van der Waals surface area contributed by atoms with E-state index in [0.29, 0.717) is 12.8 Å². The van der Waals surface area contributed by atoms with Gasteiger partial charge in [-0.25, -0.2) is 13.1 Å². The summed E-state index contributed by atoms with van der Waals surface area (Å²) in [6.45, 7) is 5.05. The van der Waals surface area contributed by atoms with Crippen molar-refractivity contribution in [2.45, 2.75) is 96.1 Å². The molecule has 1 aliphatic carbocycles. The maximum atomic E-state index is 12.1. The molecule has 0 aromatic rings. The van der Waals surface area contributed by atoms with Gasteiger partial charge in [0, 0.05) is 6.61 Å². The highest BCUT2D eigenvalue weighted by Crippen LogP contribution is 2.30. The Morgan fingerprint density at radius 3 is 2.40 bits per heavy atom. The molecule has 0 aromatic carbocycles. The molecule has 1 saturated heterocycles. The van der Waals surface area contributed by atoms with Gasteiger partial charge in [-0.3, -0.25) is 4.79 Å². The molecule has 0 radical (unpaired) electrons. The summed E-state index contributed by atoms with van der Waals surface area (Å²) in [6.07, 6.45) is 11.9. The Balaban J connectivity index is 1.60. The summed E-state index contributed by atoms with van der Waals surface area (Å²) >= 11 is 0. The summed E-state index contributed by atoms with van der Waals surface area (Å²) in [5, 5.41) is 12.9. The number of sulfonamides is 1. The number of ether oxygens (including phenoxy) is 1. The monoisotopic (exact) mass is 446 g/mol. The highest BCUT2D eigenvalue weighted by molar-refractivity contribution is 7.89. The first-order valence-corrected chi connectivity index (χ1v) is 13.6. The zero-order valence-corrected chi connectivity index (χ0v) is 19.4. The van der Waals surface area contributed by atoms with Crippen molar-refractivity contribution in [2.75, 3.05) is 25.4 Å². The summed E-state index contributed by atoms with van der Waals surface area (Å²) < 4.78 is 32.6. The van der Waals surface area contributed by atoms with Crippen LogP contribution in [0.1, 0.15) is 84.0 Å². The lowest BCUT2D eigenvalue weighted by molar-refractivity contribution is -0.139. The average Bonchev–Trinajstić information content (AvgIpc) is 2.73. The molecular formula is C22H42N2O5S. The van der Waals surface area contributed by atoms with Crippen molar-refractivity contribution in [3.63, 3.8) is 0 Å². The van der Waals surface area contributed by atoms with Gasteiger partial charge < -0.3 is 15.2 Å². The molecular weight excluding hydrogens is 404 g/mol. The van der Waals surface area contributed by atoms with Crippen molar-refractivity contribution in [1.82, 2.24) is 10.0 Å². The molecule has 1 atom stereocenters. The largest absolute Gasteiger partial charge is 0.480 e. The molecule has 1 heterocycles. The predicted molar refractivity (Wildman–Crippen MR) is 119 cm³/mol. The van der Waals surface area contributed by atoms with Crippen LogP contribution in [-0.4, -0.2) is 57.1 Å². The third-order valence-corrected chi connectivity index (χ3v) is 8.04. The highest BCUT2D eigenvalue weighted by Gasteiger charge is 2.29. The number of hydrogen-bond acceptors (Lipinski definition) is 5. The number of carboxylic acid groups (broad SMARTS) is 1. The maximum Gasteiger partial charge on any atom is 0.321 e. The molecule has 3 N–H and O–H groups in total. The van der Waals surface area contributed by atoms with Crippen LogP contribution in [0.5, 0.6) is 0 Å². The van der Waals surface area contributed by atoms with Crippen LogP contribution in [-0.2, 0) is 19.6 Å². The zero-order chi connectivity index (χ0) is 21.8. The fourth-order valence-corrected chi connectivity index (χ4v) is 6.05. The fourth-order valence-electron chi connectivity index (χ4n) is 4.63. The Kier molecular flexibility index (Phi) is 11.6. The maximum absolute atomic E-state index is 12.1. The van der Waals surface area contributed by atoms with Crippen LogP contribution in [0, 0.1) is 11.8 Å². The van der Waals surface area contributed by atoms with Gasteiger partial charge in [-0.15, -0.1) is 0 Å². The van der Waals surface area contributed by atoms with Crippen LogP contribution < -0.4 is 10.0 Å². The minimum Gasteiger partial charge on any atom is -0.480 e. The topological polar surface area (TPSA) is 105 Å².